The van der Waals surface area contributed by atoms with Gasteiger partial charge in [0, 0.05) is 38.1 Å². The minimum Gasteiger partial charge on any atom is -0.309 e. The number of hydrogen-bond acceptors (Lipinski definition) is 3. The average Bonchev–Trinajstić information content (AvgIpc) is 2.64. The number of hydrogen-bond donors (Lipinski definition) is 1. The molecule has 0 fully saturated rings. The zero-order valence-electron chi connectivity index (χ0n) is 10.4. The van der Waals surface area contributed by atoms with Crippen molar-refractivity contribution in [2.45, 2.75) is 38.5 Å². The van der Waals surface area contributed by atoms with E-state index in [0.29, 0.717) is 6.04 Å². The van der Waals surface area contributed by atoms with Gasteiger partial charge in [0.1, 0.15) is 0 Å². The van der Waals surface area contributed by atoms with Gasteiger partial charge in [-0.1, -0.05) is 6.92 Å². The zero-order chi connectivity index (χ0) is 12.1. The van der Waals surface area contributed by atoms with Crippen LogP contribution in [0.4, 0.5) is 0 Å². The normalized spacial score (nSPS) is 17.0. The Balaban J connectivity index is 2.30. The van der Waals surface area contributed by atoms with Crippen LogP contribution >= 0.6 is 11.3 Å². The first kappa shape index (κ1) is 13.9. The molecule has 0 aliphatic carbocycles. The molecular formula is C12H21NOS2. The van der Waals surface area contributed by atoms with Crippen LogP contribution in [-0.2, 0) is 10.8 Å². The van der Waals surface area contributed by atoms with Crippen molar-refractivity contribution in [1.29, 1.82) is 0 Å². The van der Waals surface area contributed by atoms with E-state index in [1.807, 2.05) is 18.3 Å². The van der Waals surface area contributed by atoms with Crippen LogP contribution in [0.5, 0.6) is 0 Å². The Hall–Kier alpha value is -0.190. The molecular weight excluding hydrogens is 238 g/mol. The molecule has 1 aromatic heterocycles. The Morgan fingerprint density at radius 3 is 2.62 bits per heavy atom. The third-order valence-electron chi connectivity index (χ3n) is 2.76. The highest BCUT2D eigenvalue weighted by atomic mass is 32.2. The third kappa shape index (κ3) is 4.36. The van der Waals surface area contributed by atoms with Crippen molar-refractivity contribution in [3.63, 3.8) is 0 Å². The van der Waals surface area contributed by atoms with Gasteiger partial charge in [0.25, 0.3) is 0 Å². The second-order valence-corrected chi connectivity index (χ2v) is 7.34. The first-order valence-electron chi connectivity index (χ1n) is 5.62. The number of nitrogens with one attached hydrogen (secondary N) is 1. The summed E-state index contributed by atoms with van der Waals surface area (Å²) in [7, 11) is -0.703. The number of rotatable bonds is 6. The topological polar surface area (TPSA) is 29.1 Å². The standard InChI is InChI=1S/C12H21NOS2/c1-9-5-6-12(15-9)11(3)13-8-7-10(2)16(4)14/h5-6,10-11,13H,7-8H2,1-4H3/t10-,11-,16+/m1/s1. The van der Waals surface area contributed by atoms with E-state index < -0.39 is 10.8 Å². The zero-order valence-corrected chi connectivity index (χ0v) is 12.1. The van der Waals surface area contributed by atoms with Gasteiger partial charge in [0.2, 0.25) is 0 Å². The van der Waals surface area contributed by atoms with Crippen LogP contribution in [0.1, 0.15) is 36.1 Å². The average molecular weight is 259 g/mol. The molecule has 0 radical (unpaired) electrons. The molecule has 92 valence electrons. The highest BCUT2D eigenvalue weighted by Gasteiger charge is 2.09. The lowest BCUT2D eigenvalue weighted by Gasteiger charge is -2.14. The predicted molar refractivity (Wildman–Crippen MR) is 73.6 cm³/mol. The summed E-state index contributed by atoms with van der Waals surface area (Å²) in [6.07, 6.45) is 2.74. The molecule has 0 aliphatic heterocycles. The first-order chi connectivity index (χ1) is 7.50. The monoisotopic (exact) mass is 259 g/mol. The summed E-state index contributed by atoms with van der Waals surface area (Å²) < 4.78 is 11.2. The second-order valence-electron chi connectivity index (χ2n) is 4.22. The number of aryl methyl sites for hydroxylation is 1. The third-order valence-corrected chi connectivity index (χ3v) is 5.31. The van der Waals surface area contributed by atoms with Crippen molar-refractivity contribution in [2.24, 2.45) is 0 Å². The van der Waals surface area contributed by atoms with Crippen molar-refractivity contribution in [2.75, 3.05) is 12.8 Å². The molecule has 0 saturated heterocycles. The Kier molecular flexibility index (Phi) is 5.66. The van der Waals surface area contributed by atoms with Crippen LogP contribution in [0.2, 0.25) is 0 Å². The summed E-state index contributed by atoms with van der Waals surface area (Å²) in [5.74, 6) is 0. The van der Waals surface area contributed by atoms with Crippen LogP contribution in [0.15, 0.2) is 12.1 Å². The highest BCUT2D eigenvalue weighted by Crippen LogP contribution is 2.22. The predicted octanol–water partition coefficient (Wildman–Crippen LogP) is 2.86. The van der Waals surface area contributed by atoms with Crippen molar-refractivity contribution in [3.05, 3.63) is 21.9 Å². The van der Waals surface area contributed by atoms with Crippen molar-refractivity contribution in [1.82, 2.24) is 5.32 Å². The number of thiophene rings is 1. The highest BCUT2D eigenvalue weighted by molar-refractivity contribution is 7.84. The summed E-state index contributed by atoms with van der Waals surface area (Å²) in [6.45, 7) is 7.28. The van der Waals surface area contributed by atoms with Crippen LogP contribution < -0.4 is 5.32 Å². The molecule has 1 rings (SSSR count). The Morgan fingerprint density at radius 1 is 1.44 bits per heavy atom. The molecule has 0 unspecified atom stereocenters. The van der Waals surface area contributed by atoms with Gasteiger partial charge >= 0.3 is 0 Å². The molecule has 0 amide bonds. The molecule has 3 atom stereocenters. The Morgan fingerprint density at radius 2 is 2.12 bits per heavy atom. The van der Waals surface area contributed by atoms with Crippen LogP contribution in [0, 0.1) is 6.92 Å². The second kappa shape index (κ2) is 6.52. The Bertz CT molecular complexity index is 349. The van der Waals surface area contributed by atoms with Crippen LogP contribution in [0.25, 0.3) is 0 Å². The maximum atomic E-state index is 11.2. The lowest BCUT2D eigenvalue weighted by molar-refractivity contribution is 0.560. The first-order valence-corrected chi connectivity index (χ1v) is 8.06. The summed E-state index contributed by atoms with van der Waals surface area (Å²) in [5, 5.41) is 3.76. The quantitative estimate of drug-likeness (QED) is 0.851. The fourth-order valence-corrected chi connectivity index (χ4v) is 2.81. The summed E-state index contributed by atoms with van der Waals surface area (Å²) in [6, 6.07) is 4.73. The van der Waals surface area contributed by atoms with E-state index in [2.05, 4.69) is 31.3 Å². The van der Waals surface area contributed by atoms with Crippen LogP contribution in [0.3, 0.4) is 0 Å². The SMILES string of the molecule is Cc1ccc([C@@H](C)NCC[C@@H](C)[S@](C)=O)s1. The van der Waals surface area contributed by atoms with E-state index in [9.17, 15) is 4.21 Å². The van der Waals surface area contributed by atoms with Gasteiger partial charge in [-0.05, 0) is 38.9 Å². The summed E-state index contributed by atoms with van der Waals surface area (Å²) >= 11 is 1.84. The van der Waals surface area contributed by atoms with E-state index in [-0.39, 0.29) is 5.25 Å². The Labute approximate surface area is 105 Å². The molecule has 0 bridgehead atoms. The van der Waals surface area contributed by atoms with E-state index in [1.54, 1.807) is 6.26 Å². The molecule has 0 spiro atoms. The largest absolute Gasteiger partial charge is 0.309 e. The summed E-state index contributed by atoms with van der Waals surface area (Å²) in [4.78, 5) is 2.73. The van der Waals surface area contributed by atoms with Gasteiger partial charge in [0.15, 0.2) is 0 Å². The van der Waals surface area contributed by atoms with Crippen molar-refractivity contribution in [3.8, 4) is 0 Å². The van der Waals surface area contributed by atoms with Gasteiger partial charge in [-0.25, -0.2) is 0 Å². The van der Waals surface area contributed by atoms with E-state index in [1.165, 1.54) is 9.75 Å². The van der Waals surface area contributed by atoms with Gasteiger partial charge in [-0.3, -0.25) is 4.21 Å². The van der Waals surface area contributed by atoms with Crippen molar-refractivity contribution < 1.29 is 4.21 Å². The fourth-order valence-electron chi connectivity index (χ4n) is 1.46. The molecule has 1 heterocycles. The van der Waals surface area contributed by atoms with Gasteiger partial charge < -0.3 is 5.32 Å². The molecule has 16 heavy (non-hydrogen) atoms. The minimum atomic E-state index is -0.703. The summed E-state index contributed by atoms with van der Waals surface area (Å²) in [5.41, 5.74) is 0. The molecule has 1 aromatic rings. The van der Waals surface area contributed by atoms with Crippen molar-refractivity contribution >= 4 is 22.1 Å². The molecule has 1 N–H and O–H groups in total. The van der Waals surface area contributed by atoms with Gasteiger partial charge in [-0.15, -0.1) is 11.3 Å². The fraction of sp³-hybridized carbons (Fsp3) is 0.667. The molecule has 2 nitrogen and oxygen atoms in total. The van der Waals surface area contributed by atoms with Gasteiger partial charge in [-0.2, -0.15) is 0 Å². The lowest BCUT2D eigenvalue weighted by Crippen LogP contribution is -2.23. The molecule has 0 saturated carbocycles. The maximum Gasteiger partial charge on any atom is 0.0386 e. The van der Waals surface area contributed by atoms with E-state index in [0.717, 1.165) is 13.0 Å². The smallest absolute Gasteiger partial charge is 0.0386 e. The maximum absolute atomic E-state index is 11.2. The van der Waals surface area contributed by atoms with Gasteiger partial charge in [0.05, 0.1) is 0 Å². The van der Waals surface area contributed by atoms with Crippen LogP contribution in [-0.4, -0.2) is 22.3 Å². The van der Waals surface area contributed by atoms with E-state index in [4.69, 9.17) is 0 Å². The lowest BCUT2D eigenvalue weighted by atomic mass is 10.2. The van der Waals surface area contributed by atoms with E-state index >= 15 is 0 Å². The molecule has 0 aliphatic rings. The minimum absolute atomic E-state index is 0.282. The molecule has 4 heteroatoms. The molecule has 0 aromatic carbocycles.